The first-order valence-electron chi connectivity index (χ1n) is 8.39. The average molecular weight is 389 g/mol. The number of aliphatic hydroxyl groups is 1. The summed E-state index contributed by atoms with van der Waals surface area (Å²) in [5.41, 5.74) is 2.58. The SMILES string of the molecule is O=C(O)N1CCN(c2ccc(-c3cnc(Cl)c4nc(CO)cn34)cn2)CC1. The van der Waals surface area contributed by atoms with E-state index in [1.165, 1.54) is 4.90 Å². The number of rotatable bonds is 3. The minimum absolute atomic E-state index is 0.184. The summed E-state index contributed by atoms with van der Waals surface area (Å²) in [5.74, 6) is 0.795. The number of amides is 1. The molecule has 0 saturated carbocycles. The fourth-order valence-corrected chi connectivity index (χ4v) is 3.32. The molecule has 0 atom stereocenters. The van der Waals surface area contributed by atoms with Crippen LogP contribution in [0.25, 0.3) is 16.9 Å². The van der Waals surface area contributed by atoms with Crippen LogP contribution in [0.5, 0.6) is 0 Å². The Balaban J connectivity index is 1.60. The summed E-state index contributed by atoms with van der Waals surface area (Å²) in [5, 5.41) is 18.6. The maximum atomic E-state index is 11.0. The number of piperazine rings is 1. The molecule has 3 aromatic heterocycles. The Bertz CT molecular complexity index is 982. The molecule has 1 amide bonds. The standard InChI is InChI=1S/C17H17ClN6O3/c18-15-16-21-12(10-25)9-24(16)13(8-20-15)11-1-2-14(19-7-11)22-3-5-23(6-4-22)17(26)27/h1-2,7-9,25H,3-6,10H2,(H,26,27). The van der Waals surface area contributed by atoms with Crippen LogP contribution in [-0.2, 0) is 6.61 Å². The molecule has 140 valence electrons. The molecule has 4 rings (SSSR count). The van der Waals surface area contributed by atoms with E-state index >= 15 is 0 Å². The van der Waals surface area contributed by atoms with Gasteiger partial charge in [0.15, 0.2) is 10.8 Å². The molecule has 0 radical (unpaired) electrons. The first kappa shape index (κ1) is 17.5. The fraction of sp³-hybridized carbons (Fsp3) is 0.294. The van der Waals surface area contributed by atoms with Crippen molar-refractivity contribution in [2.24, 2.45) is 0 Å². The molecule has 1 aliphatic rings. The highest BCUT2D eigenvalue weighted by atomic mass is 35.5. The van der Waals surface area contributed by atoms with Crippen molar-refractivity contribution in [3.05, 3.63) is 41.6 Å². The van der Waals surface area contributed by atoms with Gasteiger partial charge in [-0.05, 0) is 12.1 Å². The fourth-order valence-electron chi connectivity index (χ4n) is 3.14. The van der Waals surface area contributed by atoms with Gasteiger partial charge in [0, 0.05) is 44.1 Å². The summed E-state index contributed by atoms with van der Waals surface area (Å²) >= 11 is 6.10. The number of imidazole rings is 1. The molecule has 10 heteroatoms. The normalized spacial score (nSPS) is 14.7. The van der Waals surface area contributed by atoms with E-state index in [1.807, 2.05) is 12.1 Å². The molecule has 0 aliphatic carbocycles. The molecule has 2 N–H and O–H groups in total. The van der Waals surface area contributed by atoms with Gasteiger partial charge >= 0.3 is 6.09 Å². The topological polar surface area (TPSA) is 107 Å². The number of hydrogen-bond donors (Lipinski definition) is 2. The number of anilines is 1. The van der Waals surface area contributed by atoms with Crippen molar-refractivity contribution in [2.75, 3.05) is 31.1 Å². The molecule has 0 bridgehead atoms. The second kappa shape index (κ2) is 7.01. The largest absolute Gasteiger partial charge is 0.465 e. The van der Waals surface area contributed by atoms with Crippen molar-refractivity contribution in [1.29, 1.82) is 0 Å². The third kappa shape index (κ3) is 3.26. The maximum absolute atomic E-state index is 11.0. The Labute approximate surface area is 159 Å². The van der Waals surface area contributed by atoms with Gasteiger partial charge in [0.1, 0.15) is 5.82 Å². The number of carbonyl (C=O) groups is 1. The zero-order chi connectivity index (χ0) is 19.0. The molecule has 3 aromatic rings. The first-order valence-corrected chi connectivity index (χ1v) is 8.77. The van der Waals surface area contributed by atoms with Crippen LogP contribution >= 0.6 is 11.6 Å². The lowest BCUT2D eigenvalue weighted by Gasteiger charge is -2.33. The van der Waals surface area contributed by atoms with E-state index in [0.717, 1.165) is 17.1 Å². The van der Waals surface area contributed by atoms with Gasteiger partial charge in [-0.1, -0.05) is 11.6 Å². The minimum Gasteiger partial charge on any atom is -0.465 e. The molecular formula is C17H17ClN6O3. The van der Waals surface area contributed by atoms with Gasteiger partial charge in [-0.3, -0.25) is 4.40 Å². The number of aromatic nitrogens is 4. The molecule has 4 heterocycles. The van der Waals surface area contributed by atoms with Crippen LogP contribution in [0.2, 0.25) is 5.15 Å². The van der Waals surface area contributed by atoms with E-state index in [-0.39, 0.29) is 11.8 Å². The van der Waals surface area contributed by atoms with Crippen LogP contribution in [0.15, 0.2) is 30.7 Å². The molecule has 0 aromatic carbocycles. The molecule has 1 saturated heterocycles. The van der Waals surface area contributed by atoms with Crippen molar-refractivity contribution < 1.29 is 15.0 Å². The zero-order valence-electron chi connectivity index (χ0n) is 14.3. The Kier molecular flexibility index (Phi) is 4.54. The van der Waals surface area contributed by atoms with Crippen LogP contribution in [0.4, 0.5) is 10.6 Å². The Hall–Kier alpha value is -2.91. The van der Waals surface area contributed by atoms with Crippen molar-refractivity contribution >= 4 is 29.2 Å². The van der Waals surface area contributed by atoms with E-state index in [4.69, 9.17) is 16.7 Å². The van der Waals surface area contributed by atoms with Gasteiger partial charge in [0.05, 0.1) is 24.2 Å². The monoisotopic (exact) mass is 388 g/mol. The highest BCUT2D eigenvalue weighted by molar-refractivity contribution is 6.32. The highest BCUT2D eigenvalue weighted by Gasteiger charge is 2.21. The number of hydrogen-bond acceptors (Lipinski definition) is 6. The predicted molar refractivity (Wildman–Crippen MR) is 99.0 cm³/mol. The van der Waals surface area contributed by atoms with Gasteiger partial charge in [0.25, 0.3) is 0 Å². The van der Waals surface area contributed by atoms with Crippen LogP contribution < -0.4 is 4.90 Å². The smallest absolute Gasteiger partial charge is 0.407 e. The molecule has 9 nitrogen and oxygen atoms in total. The lowest BCUT2D eigenvalue weighted by atomic mass is 10.2. The first-order chi connectivity index (χ1) is 13.1. The Morgan fingerprint density at radius 3 is 2.56 bits per heavy atom. The van der Waals surface area contributed by atoms with Gasteiger partial charge in [-0.15, -0.1) is 0 Å². The molecule has 0 spiro atoms. The van der Waals surface area contributed by atoms with Crippen molar-refractivity contribution in [3.8, 4) is 11.3 Å². The number of aliphatic hydroxyl groups excluding tert-OH is 1. The predicted octanol–water partition coefficient (Wildman–Crippen LogP) is 1.74. The molecule has 1 fully saturated rings. The summed E-state index contributed by atoms with van der Waals surface area (Å²) in [7, 11) is 0. The molecular weight excluding hydrogens is 372 g/mol. The number of pyridine rings is 1. The summed E-state index contributed by atoms with van der Waals surface area (Å²) in [4.78, 5) is 27.4. The summed E-state index contributed by atoms with van der Waals surface area (Å²) in [6.07, 6.45) is 4.21. The van der Waals surface area contributed by atoms with E-state index in [1.54, 1.807) is 23.0 Å². The second-order valence-electron chi connectivity index (χ2n) is 6.18. The number of fused-ring (bicyclic) bond motifs is 1. The van der Waals surface area contributed by atoms with Crippen molar-refractivity contribution in [2.45, 2.75) is 6.61 Å². The summed E-state index contributed by atoms with van der Waals surface area (Å²) < 4.78 is 1.78. The summed E-state index contributed by atoms with van der Waals surface area (Å²) in [6, 6.07) is 3.82. The average Bonchev–Trinajstić information content (AvgIpc) is 3.14. The van der Waals surface area contributed by atoms with Gasteiger partial charge in [0.2, 0.25) is 0 Å². The molecule has 0 unspecified atom stereocenters. The van der Waals surface area contributed by atoms with Crippen LogP contribution in [-0.4, -0.2) is 66.7 Å². The van der Waals surface area contributed by atoms with Gasteiger partial charge in [-0.2, -0.15) is 0 Å². The zero-order valence-corrected chi connectivity index (χ0v) is 15.0. The van der Waals surface area contributed by atoms with Gasteiger partial charge in [-0.25, -0.2) is 19.7 Å². The lowest BCUT2D eigenvalue weighted by molar-refractivity contribution is 0.142. The van der Waals surface area contributed by atoms with Crippen LogP contribution in [0.3, 0.4) is 0 Å². The number of halogens is 1. The number of carboxylic acid groups (broad SMARTS) is 1. The number of nitrogens with zero attached hydrogens (tertiary/aromatic N) is 6. The van der Waals surface area contributed by atoms with E-state index in [2.05, 4.69) is 19.9 Å². The molecule has 1 aliphatic heterocycles. The maximum Gasteiger partial charge on any atom is 0.407 e. The quantitative estimate of drug-likeness (QED) is 0.703. The van der Waals surface area contributed by atoms with Crippen molar-refractivity contribution in [3.63, 3.8) is 0 Å². The van der Waals surface area contributed by atoms with E-state index in [0.29, 0.717) is 37.5 Å². The molecule has 27 heavy (non-hydrogen) atoms. The third-order valence-electron chi connectivity index (χ3n) is 4.58. The highest BCUT2D eigenvalue weighted by Crippen LogP contribution is 2.25. The summed E-state index contributed by atoms with van der Waals surface area (Å²) in [6.45, 7) is 1.94. The third-order valence-corrected chi connectivity index (χ3v) is 4.85. The lowest BCUT2D eigenvalue weighted by Crippen LogP contribution is -2.48. The minimum atomic E-state index is -0.889. The van der Waals surface area contributed by atoms with Crippen LogP contribution in [0, 0.1) is 0 Å². The van der Waals surface area contributed by atoms with E-state index < -0.39 is 6.09 Å². The Morgan fingerprint density at radius 2 is 1.93 bits per heavy atom. The van der Waals surface area contributed by atoms with Gasteiger partial charge < -0.3 is 20.0 Å². The Morgan fingerprint density at radius 1 is 1.15 bits per heavy atom. The van der Waals surface area contributed by atoms with E-state index in [9.17, 15) is 9.90 Å². The van der Waals surface area contributed by atoms with Crippen LogP contribution in [0.1, 0.15) is 5.69 Å². The van der Waals surface area contributed by atoms with Crippen molar-refractivity contribution in [1.82, 2.24) is 24.3 Å². The second-order valence-corrected chi connectivity index (χ2v) is 6.54.